The molecule has 21 heavy (non-hydrogen) atoms. The second-order valence-corrected chi connectivity index (χ2v) is 5.98. The van der Waals surface area contributed by atoms with Crippen molar-refractivity contribution in [3.63, 3.8) is 0 Å². The van der Waals surface area contributed by atoms with Crippen LogP contribution in [-0.4, -0.2) is 47.2 Å². The summed E-state index contributed by atoms with van der Waals surface area (Å²) in [5.74, 6) is 0.989. The SMILES string of the molecule is CC1(C(=O)N2CCC(Oc3ccncc3)CC2)CCCO1. The molecule has 2 fully saturated rings. The number of hydrogen-bond acceptors (Lipinski definition) is 4. The molecule has 2 aliphatic heterocycles. The van der Waals surface area contributed by atoms with Crippen molar-refractivity contribution in [3.8, 4) is 5.75 Å². The zero-order valence-corrected chi connectivity index (χ0v) is 12.5. The zero-order chi connectivity index (χ0) is 14.7. The summed E-state index contributed by atoms with van der Waals surface area (Å²) in [6.07, 6.45) is 7.17. The van der Waals surface area contributed by atoms with Crippen LogP contribution in [-0.2, 0) is 9.53 Å². The number of hydrogen-bond donors (Lipinski definition) is 0. The molecule has 1 aromatic rings. The highest BCUT2D eigenvalue weighted by atomic mass is 16.5. The van der Waals surface area contributed by atoms with Gasteiger partial charge in [0.05, 0.1) is 0 Å². The molecule has 5 heteroatoms. The number of nitrogens with zero attached hydrogens (tertiary/aromatic N) is 2. The number of rotatable bonds is 3. The summed E-state index contributed by atoms with van der Waals surface area (Å²) in [7, 11) is 0. The summed E-state index contributed by atoms with van der Waals surface area (Å²) in [6.45, 7) is 4.10. The Hall–Kier alpha value is -1.62. The van der Waals surface area contributed by atoms with Gasteiger partial charge in [-0.25, -0.2) is 0 Å². The number of carbonyl (C=O) groups is 1. The summed E-state index contributed by atoms with van der Waals surface area (Å²) >= 11 is 0. The third-order valence-electron chi connectivity index (χ3n) is 4.35. The van der Waals surface area contributed by atoms with Crippen molar-refractivity contribution in [2.75, 3.05) is 19.7 Å². The van der Waals surface area contributed by atoms with Crippen LogP contribution in [0.5, 0.6) is 5.75 Å². The van der Waals surface area contributed by atoms with Crippen LogP contribution in [0.4, 0.5) is 0 Å². The minimum absolute atomic E-state index is 0.141. The van der Waals surface area contributed by atoms with E-state index in [4.69, 9.17) is 9.47 Å². The fourth-order valence-electron chi connectivity index (χ4n) is 3.07. The van der Waals surface area contributed by atoms with E-state index < -0.39 is 5.60 Å². The fraction of sp³-hybridized carbons (Fsp3) is 0.625. The van der Waals surface area contributed by atoms with Gasteiger partial charge in [-0.1, -0.05) is 0 Å². The molecule has 1 unspecified atom stereocenters. The molecular formula is C16H22N2O3. The molecule has 2 aliphatic rings. The molecular weight excluding hydrogens is 268 g/mol. The predicted octanol–water partition coefficient (Wildman–Crippen LogP) is 2.02. The highest BCUT2D eigenvalue weighted by Crippen LogP contribution is 2.29. The Morgan fingerprint density at radius 1 is 1.38 bits per heavy atom. The van der Waals surface area contributed by atoms with Crippen molar-refractivity contribution < 1.29 is 14.3 Å². The van der Waals surface area contributed by atoms with Gasteiger partial charge in [0.1, 0.15) is 17.5 Å². The van der Waals surface area contributed by atoms with E-state index in [-0.39, 0.29) is 12.0 Å². The Morgan fingerprint density at radius 2 is 2.10 bits per heavy atom. The number of pyridine rings is 1. The molecule has 0 spiro atoms. The highest BCUT2D eigenvalue weighted by molar-refractivity contribution is 5.85. The largest absolute Gasteiger partial charge is 0.490 e. The second kappa shape index (κ2) is 6.02. The van der Waals surface area contributed by atoms with E-state index in [9.17, 15) is 4.79 Å². The minimum atomic E-state index is -0.598. The van der Waals surface area contributed by atoms with Crippen molar-refractivity contribution in [1.29, 1.82) is 0 Å². The van der Waals surface area contributed by atoms with Crippen LogP contribution in [0.25, 0.3) is 0 Å². The number of aromatic nitrogens is 1. The lowest BCUT2D eigenvalue weighted by atomic mass is 9.98. The Morgan fingerprint density at radius 3 is 2.71 bits per heavy atom. The Kier molecular flexibility index (Phi) is 4.10. The summed E-state index contributed by atoms with van der Waals surface area (Å²) < 4.78 is 11.6. The molecule has 0 saturated carbocycles. The van der Waals surface area contributed by atoms with E-state index in [0.29, 0.717) is 6.61 Å². The second-order valence-electron chi connectivity index (χ2n) is 5.98. The zero-order valence-electron chi connectivity index (χ0n) is 12.5. The maximum atomic E-state index is 12.5. The van der Waals surface area contributed by atoms with Crippen molar-refractivity contribution in [3.05, 3.63) is 24.5 Å². The van der Waals surface area contributed by atoms with Gasteiger partial charge in [0.25, 0.3) is 5.91 Å². The normalized spacial score (nSPS) is 26.8. The van der Waals surface area contributed by atoms with Gasteiger partial charge < -0.3 is 14.4 Å². The number of carbonyl (C=O) groups excluding carboxylic acids is 1. The fourth-order valence-corrected chi connectivity index (χ4v) is 3.07. The lowest BCUT2D eigenvalue weighted by molar-refractivity contribution is -0.152. The molecule has 1 atom stereocenters. The van der Waals surface area contributed by atoms with Gasteiger partial charge in [0.15, 0.2) is 0 Å². The van der Waals surface area contributed by atoms with Crippen LogP contribution < -0.4 is 4.74 Å². The topological polar surface area (TPSA) is 51.7 Å². The molecule has 0 radical (unpaired) electrons. The number of amides is 1. The molecule has 3 heterocycles. The first kappa shape index (κ1) is 14.3. The van der Waals surface area contributed by atoms with Crippen LogP contribution in [0.3, 0.4) is 0 Å². The standard InChI is InChI=1S/C16H22N2O3/c1-16(7-2-12-20-16)15(19)18-10-5-14(6-11-18)21-13-3-8-17-9-4-13/h3-4,8-9,14H,2,5-7,10-12H2,1H3. The number of ether oxygens (including phenoxy) is 2. The molecule has 5 nitrogen and oxygen atoms in total. The Labute approximate surface area is 125 Å². The van der Waals surface area contributed by atoms with Crippen LogP contribution in [0.1, 0.15) is 32.6 Å². The minimum Gasteiger partial charge on any atom is -0.490 e. The first-order chi connectivity index (χ1) is 10.2. The number of piperidine rings is 1. The highest BCUT2D eigenvalue weighted by Gasteiger charge is 2.41. The molecule has 1 amide bonds. The van der Waals surface area contributed by atoms with Gasteiger partial charge in [-0.2, -0.15) is 0 Å². The van der Waals surface area contributed by atoms with E-state index in [0.717, 1.165) is 44.5 Å². The van der Waals surface area contributed by atoms with Crippen LogP contribution >= 0.6 is 0 Å². The van der Waals surface area contributed by atoms with Crippen LogP contribution in [0, 0.1) is 0 Å². The molecule has 1 aromatic heterocycles. The van der Waals surface area contributed by atoms with Crippen molar-refractivity contribution >= 4 is 5.91 Å². The van der Waals surface area contributed by atoms with E-state index in [1.165, 1.54) is 0 Å². The third-order valence-corrected chi connectivity index (χ3v) is 4.35. The van der Waals surface area contributed by atoms with Gasteiger partial charge in [0.2, 0.25) is 0 Å². The number of likely N-dealkylation sites (tertiary alicyclic amines) is 1. The van der Waals surface area contributed by atoms with E-state index in [1.807, 2.05) is 24.0 Å². The molecule has 0 aliphatic carbocycles. The van der Waals surface area contributed by atoms with Crippen molar-refractivity contribution in [2.45, 2.75) is 44.3 Å². The monoisotopic (exact) mass is 290 g/mol. The van der Waals surface area contributed by atoms with E-state index in [1.54, 1.807) is 12.4 Å². The molecule has 0 bridgehead atoms. The quantitative estimate of drug-likeness (QED) is 0.854. The Bertz CT molecular complexity index is 478. The average molecular weight is 290 g/mol. The molecule has 2 saturated heterocycles. The molecule has 0 aromatic carbocycles. The first-order valence-corrected chi connectivity index (χ1v) is 7.67. The van der Waals surface area contributed by atoms with Gasteiger partial charge in [0, 0.05) is 44.9 Å². The predicted molar refractivity (Wildman–Crippen MR) is 78.1 cm³/mol. The maximum Gasteiger partial charge on any atom is 0.254 e. The van der Waals surface area contributed by atoms with Crippen molar-refractivity contribution in [1.82, 2.24) is 9.88 Å². The van der Waals surface area contributed by atoms with Crippen LogP contribution in [0.2, 0.25) is 0 Å². The van der Waals surface area contributed by atoms with Gasteiger partial charge >= 0.3 is 0 Å². The van der Waals surface area contributed by atoms with Crippen molar-refractivity contribution in [2.24, 2.45) is 0 Å². The smallest absolute Gasteiger partial charge is 0.254 e. The van der Waals surface area contributed by atoms with Gasteiger partial charge in [-0.15, -0.1) is 0 Å². The molecule has 3 rings (SSSR count). The van der Waals surface area contributed by atoms with E-state index >= 15 is 0 Å². The Balaban J connectivity index is 1.52. The lowest BCUT2D eigenvalue weighted by Crippen LogP contribution is -2.50. The maximum absolute atomic E-state index is 12.5. The lowest BCUT2D eigenvalue weighted by Gasteiger charge is -2.36. The van der Waals surface area contributed by atoms with Gasteiger partial charge in [-0.05, 0) is 31.9 Å². The third kappa shape index (κ3) is 3.18. The summed E-state index contributed by atoms with van der Waals surface area (Å²) in [6, 6.07) is 3.73. The molecule has 0 N–H and O–H groups in total. The average Bonchev–Trinajstić information content (AvgIpc) is 2.96. The molecule has 114 valence electrons. The van der Waals surface area contributed by atoms with Crippen LogP contribution in [0.15, 0.2) is 24.5 Å². The summed E-state index contributed by atoms with van der Waals surface area (Å²) in [4.78, 5) is 18.4. The summed E-state index contributed by atoms with van der Waals surface area (Å²) in [5, 5.41) is 0. The first-order valence-electron chi connectivity index (χ1n) is 7.67. The van der Waals surface area contributed by atoms with E-state index in [2.05, 4.69) is 4.98 Å². The van der Waals surface area contributed by atoms with Gasteiger partial charge in [-0.3, -0.25) is 9.78 Å². The summed E-state index contributed by atoms with van der Waals surface area (Å²) in [5.41, 5.74) is -0.598.